The number of carbonyl (C=O) groups excluding carboxylic acids is 1. The topological polar surface area (TPSA) is 66.5 Å². The molecule has 0 aromatic carbocycles. The van der Waals surface area contributed by atoms with E-state index in [9.17, 15) is 4.79 Å². The summed E-state index contributed by atoms with van der Waals surface area (Å²) in [6, 6.07) is 6.60. The van der Waals surface area contributed by atoms with Gasteiger partial charge in [0.05, 0.1) is 24.8 Å². The van der Waals surface area contributed by atoms with Crippen molar-refractivity contribution >= 4 is 11.8 Å². The van der Waals surface area contributed by atoms with E-state index in [4.69, 9.17) is 4.74 Å². The Bertz CT molecular complexity index is 548. The van der Waals surface area contributed by atoms with Crippen LogP contribution in [0.2, 0.25) is 0 Å². The molecule has 1 saturated carbocycles. The maximum atomic E-state index is 12.1. The minimum absolute atomic E-state index is 0.0733. The molecule has 1 aromatic rings. The third-order valence-corrected chi connectivity index (χ3v) is 4.73. The number of anilines is 1. The molecule has 118 valence electrons. The molecule has 1 spiro atoms. The number of pyridine rings is 1. The molecule has 1 aliphatic carbocycles. The van der Waals surface area contributed by atoms with Gasteiger partial charge in [-0.1, -0.05) is 6.07 Å². The van der Waals surface area contributed by atoms with E-state index in [1.54, 1.807) is 6.20 Å². The Morgan fingerprint density at radius 3 is 3.05 bits per heavy atom. The zero-order valence-electron chi connectivity index (χ0n) is 12.6. The molecule has 0 radical (unpaired) electrons. The van der Waals surface area contributed by atoms with E-state index >= 15 is 0 Å². The first-order valence-electron chi connectivity index (χ1n) is 8.09. The van der Waals surface area contributed by atoms with Gasteiger partial charge in [0.25, 0.3) is 0 Å². The van der Waals surface area contributed by atoms with Crippen LogP contribution in [0.5, 0.6) is 0 Å². The molecule has 4 rings (SSSR count). The number of urea groups is 1. The highest BCUT2D eigenvalue weighted by Crippen LogP contribution is 2.36. The van der Waals surface area contributed by atoms with Crippen molar-refractivity contribution in [2.75, 3.05) is 25.0 Å². The van der Waals surface area contributed by atoms with Crippen molar-refractivity contribution in [1.29, 1.82) is 0 Å². The molecule has 1 aromatic heterocycles. The fourth-order valence-corrected chi connectivity index (χ4v) is 3.39. The molecule has 2 aliphatic heterocycles. The van der Waals surface area contributed by atoms with Gasteiger partial charge in [0, 0.05) is 25.2 Å². The highest BCUT2D eigenvalue weighted by molar-refractivity contribution is 5.75. The standard InChI is InChI=1S/C16H22N4O2/c21-15(19-12-4-5-12)20-8-6-16(11-20)9-13(10-22-16)18-14-3-1-2-7-17-14/h1-3,7,12-13H,4-6,8-11H2,(H,17,18)(H,19,21)/t13-,16+/m0/s1. The monoisotopic (exact) mass is 302 g/mol. The largest absolute Gasteiger partial charge is 0.371 e. The summed E-state index contributed by atoms with van der Waals surface area (Å²) >= 11 is 0. The van der Waals surface area contributed by atoms with Crippen LogP contribution in [0.3, 0.4) is 0 Å². The van der Waals surface area contributed by atoms with Crippen molar-refractivity contribution in [3.05, 3.63) is 24.4 Å². The van der Waals surface area contributed by atoms with E-state index < -0.39 is 0 Å². The minimum Gasteiger partial charge on any atom is -0.371 e. The van der Waals surface area contributed by atoms with Crippen LogP contribution in [0, 0.1) is 0 Å². The molecule has 2 saturated heterocycles. The lowest BCUT2D eigenvalue weighted by atomic mass is 9.97. The van der Waals surface area contributed by atoms with Gasteiger partial charge in [0.15, 0.2) is 0 Å². The molecule has 6 nitrogen and oxygen atoms in total. The number of hydrogen-bond donors (Lipinski definition) is 2. The average Bonchev–Trinajstić information content (AvgIpc) is 3.11. The number of likely N-dealkylation sites (tertiary alicyclic amines) is 1. The lowest BCUT2D eigenvalue weighted by Crippen LogP contribution is -2.42. The zero-order chi connectivity index (χ0) is 15.0. The molecule has 3 aliphatic rings. The summed E-state index contributed by atoms with van der Waals surface area (Å²) in [6.07, 6.45) is 5.88. The first kappa shape index (κ1) is 13.8. The molecular formula is C16H22N4O2. The van der Waals surface area contributed by atoms with Gasteiger partial charge in [-0.3, -0.25) is 0 Å². The van der Waals surface area contributed by atoms with Crippen LogP contribution in [0.15, 0.2) is 24.4 Å². The van der Waals surface area contributed by atoms with Gasteiger partial charge >= 0.3 is 6.03 Å². The number of ether oxygens (including phenoxy) is 1. The molecule has 3 heterocycles. The molecule has 3 fully saturated rings. The summed E-state index contributed by atoms with van der Waals surface area (Å²) < 4.78 is 6.08. The highest BCUT2D eigenvalue weighted by atomic mass is 16.5. The molecule has 0 bridgehead atoms. The lowest BCUT2D eigenvalue weighted by molar-refractivity contribution is 0.0150. The van der Waals surface area contributed by atoms with E-state index in [2.05, 4.69) is 15.6 Å². The summed E-state index contributed by atoms with van der Waals surface area (Å²) in [6.45, 7) is 2.16. The van der Waals surface area contributed by atoms with Gasteiger partial charge in [-0.2, -0.15) is 0 Å². The van der Waals surface area contributed by atoms with Crippen LogP contribution in [0.1, 0.15) is 25.7 Å². The van der Waals surface area contributed by atoms with Gasteiger partial charge < -0.3 is 20.3 Å². The van der Waals surface area contributed by atoms with Crippen LogP contribution in [-0.4, -0.2) is 53.3 Å². The summed E-state index contributed by atoms with van der Waals surface area (Å²) in [5.74, 6) is 0.884. The number of amides is 2. The Kier molecular flexibility index (Phi) is 3.41. The summed E-state index contributed by atoms with van der Waals surface area (Å²) in [5, 5.41) is 6.48. The number of hydrogen-bond acceptors (Lipinski definition) is 4. The molecule has 22 heavy (non-hydrogen) atoms. The third-order valence-electron chi connectivity index (χ3n) is 4.73. The maximum Gasteiger partial charge on any atom is 0.317 e. The quantitative estimate of drug-likeness (QED) is 0.890. The van der Waals surface area contributed by atoms with E-state index in [0.29, 0.717) is 19.2 Å². The van der Waals surface area contributed by atoms with Gasteiger partial charge in [-0.25, -0.2) is 9.78 Å². The van der Waals surface area contributed by atoms with E-state index in [1.165, 1.54) is 0 Å². The van der Waals surface area contributed by atoms with Crippen molar-refractivity contribution in [2.24, 2.45) is 0 Å². The average molecular weight is 302 g/mol. The molecule has 6 heteroatoms. The van der Waals surface area contributed by atoms with Gasteiger partial charge in [-0.05, 0) is 31.4 Å². The summed E-state index contributed by atoms with van der Waals surface area (Å²) in [7, 11) is 0. The van der Waals surface area contributed by atoms with E-state index in [-0.39, 0.29) is 17.7 Å². The Balaban J connectivity index is 1.33. The number of nitrogens with zero attached hydrogens (tertiary/aromatic N) is 2. The fraction of sp³-hybridized carbons (Fsp3) is 0.625. The molecular weight excluding hydrogens is 280 g/mol. The Morgan fingerprint density at radius 2 is 2.27 bits per heavy atom. The predicted molar refractivity (Wildman–Crippen MR) is 82.7 cm³/mol. The van der Waals surface area contributed by atoms with Crippen LogP contribution < -0.4 is 10.6 Å². The molecule has 2 atom stereocenters. The van der Waals surface area contributed by atoms with Crippen molar-refractivity contribution in [2.45, 2.75) is 43.4 Å². The highest BCUT2D eigenvalue weighted by Gasteiger charge is 2.47. The molecule has 0 unspecified atom stereocenters. The van der Waals surface area contributed by atoms with Crippen molar-refractivity contribution < 1.29 is 9.53 Å². The van der Waals surface area contributed by atoms with Gasteiger partial charge in [0.1, 0.15) is 5.82 Å². The third kappa shape index (κ3) is 2.88. The van der Waals surface area contributed by atoms with E-state index in [0.717, 1.165) is 38.0 Å². The summed E-state index contributed by atoms with van der Waals surface area (Å²) in [5.41, 5.74) is -0.173. The van der Waals surface area contributed by atoms with E-state index in [1.807, 2.05) is 23.1 Å². The normalized spacial score (nSPS) is 30.7. The second-order valence-electron chi connectivity index (χ2n) is 6.65. The van der Waals surface area contributed by atoms with Crippen LogP contribution in [0.25, 0.3) is 0 Å². The predicted octanol–water partition coefficient (Wildman–Crippen LogP) is 1.60. The molecule has 2 N–H and O–H groups in total. The fourth-order valence-electron chi connectivity index (χ4n) is 3.39. The number of aromatic nitrogens is 1. The smallest absolute Gasteiger partial charge is 0.317 e. The minimum atomic E-state index is -0.173. The zero-order valence-corrected chi connectivity index (χ0v) is 12.6. The SMILES string of the molecule is O=C(NC1CC1)N1CC[C@@]2(C[C@H](Nc3ccccn3)CO2)C1. The number of rotatable bonds is 3. The Morgan fingerprint density at radius 1 is 1.36 bits per heavy atom. The van der Waals surface area contributed by atoms with Crippen molar-refractivity contribution in [3.8, 4) is 0 Å². The van der Waals surface area contributed by atoms with Crippen LogP contribution in [0.4, 0.5) is 10.6 Å². The van der Waals surface area contributed by atoms with Gasteiger partial charge in [-0.15, -0.1) is 0 Å². The number of carbonyl (C=O) groups is 1. The Hall–Kier alpha value is -1.82. The maximum absolute atomic E-state index is 12.1. The first-order valence-corrected chi connectivity index (χ1v) is 8.09. The van der Waals surface area contributed by atoms with Crippen LogP contribution >= 0.6 is 0 Å². The second kappa shape index (κ2) is 5.43. The lowest BCUT2D eigenvalue weighted by Gasteiger charge is -2.23. The van der Waals surface area contributed by atoms with Crippen LogP contribution in [-0.2, 0) is 4.74 Å². The first-order chi connectivity index (χ1) is 10.7. The Labute approximate surface area is 130 Å². The van der Waals surface area contributed by atoms with Crippen molar-refractivity contribution in [3.63, 3.8) is 0 Å². The van der Waals surface area contributed by atoms with Gasteiger partial charge in [0.2, 0.25) is 0 Å². The molecule has 2 amide bonds. The van der Waals surface area contributed by atoms with Crippen molar-refractivity contribution in [1.82, 2.24) is 15.2 Å². The number of nitrogens with one attached hydrogen (secondary N) is 2. The summed E-state index contributed by atoms with van der Waals surface area (Å²) in [4.78, 5) is 18.3. The second-order valence-corrected chi connectivity index (χ2v) is 6.65.